The summed E-state index contributed by atoms with van der Waals surface area (Å²) in [6.07, 6.45) is 5.40. The second-order valence-electron chi connectivity index (χ2n) is 6.93. The number of nitrogens with zero attached hydrogens (tertiary/aromatic N) is 2. The predicted molar refractivity (Wildman–Crippen MR) is 90.0 cm³/mol. The van der Waals surface area contributed by atoms with E-state index in [1.54, 1.807) is 0 Å². The van der Waals surface area contributed by atoms with E-state index >= 15 is 0 Å². The lowest BCUT2D eigenvalue weighted by Crippen LogP contribution is -2.36. The van der Waals surface area contributed by atoms with Crippen molar-refractivity contribution in [2.75, 3.05) is 32.1 Å². The van der Waals surface area contributed by atoms with Crippen molar-refractivity contribution < 1.29 is 0 Å². The average Bonchev–Trinajstić information content (AvgIpc) is 3.20. The van der Waals surface area contributed by atoms with Crippen LogP contribution in [0.25, 0.3) is 0 Å². The fourth-order valence-electron chi connectivity index (χ4n) is 3.43. The zero-order valence-electron chi connectivity index (χ0n) is 13.7. The molecular formula is C18H29N3. The van der Waals surface area contributed by atoms with E-state index in [0.717, 1.165) is 19.1 Å². The molecule has 0 spiro atoms. The monoisotopic (exact) mass is 287 g/mol. The molecule has 3 nitrogen and oxygen atoms in total. The van der Waals surface area contributed by atoms with E-state index in [2.05, 4.69) is 54.3 Å². The fourth-order valence-corrected chi connectivity index (χ4v) is 3.43. The van der Waals surface area contributed by atoms with Crippen LogP contribution < -0.4 is 10.2 Å². The van der Waals surface area contributed by atoms with Crippen LogP contribution in [0, 0.1) is 6.92 Å². The minimum Gasteiger partial charge on any atom is -0.373 e. The average molecular weight is 287 g/mol. The molecule has 116 valence electrons. The van der Waals surface area contributed by atoms with Gasteiger partial charge in [-0.1, -0.05) is 12.1 Å². The zero-order chi connectivity index (χ0) is 14.8. The Bertz CT molecular complexity index is 481. The number of likely N-dealkylation sites (tertiary alicyclic amines) is 1. The molecule has 1 aliphatic carbocycles. The van der Waals surface area contributed by atoms with E-state index in [4.69, 9.17) is 0 Å². The summed E-state index contributed by atoms with van der Waals surface area (Å²) in [6.45, 7) is 5.64. The molecule has 1 aliphatic heterocycles. The molecule has 0 aromatic heterocycles. The Morgan fingerprint density at radius 2 is 2.10 bits per heavy atom. The van der Waals surface area contributed by atoms with E-state index in [-0.39, 0.29) is 0 Å². The van der Waals surface area contributed by atoms with Crippen LogP contribution in [-0.2, 0) is 6.54 Å². The molecule has 21 heavy (non-hydrogen) atoms. The molecule has 1 heterocycles. The van der Waals surface area contributed by atoms with Crippen LogP contribution in [0.5, 0.6) is 0 Å². The molecule has 3 heteroatoms. The second kappa shape index (κ2) is 6.37. The van der Waals surface area contributed by atoms with Crippen LogP contribution in [-0.4, -0.2) is 44.2 Å². The molecular weight excluding hydrogens is 258 g/mol. The third kappa shape index (κ3) is 3.78. The highest BCUT2D eigenvalue weighted by Gasteiger charge is 2.23. The van der Waals surface area contributed by atoms with Gasteiger partial charge in [0.2, 0.25) is 0 Å². The minimum atomic E-state index is 0.714. The molecule has 0 amide bonds. The van der Waals surface area contributed by atoms with Crippen molar-refractivity contribution in [2.45, 2.75) is 51.2 Å². The second-order valence-corrected chi connectivity index (χ2v) is 6.93. The maximum absolute atomic E-state index is 3.59. The first-order valence-electron chi connectivity index (χ1n) is 8.38. The lowest BCUT2D eigenvalue weighted by Gasteiger charge is -2.28. The van der Waals surface area contributed by atoms with Gasteiger partial charge in [0.1, 0.15) is 0 Å². The fraction of sp³-hybridized carbons (Fsp3) is 0.667. The van der Waals surface area contributed by atoms with Gasteiger partial charge in [-0.15, -0.1) is 0 Å². The molecule has 1 saturated heterocycles. The SMILES string of the molecule is Cc1cc(CNC2CC2)ccc1N(C)CC1CCCN1C. The number of hydrogen-bond acceptors (Lipinski definition) is 3. The summed E-state index contributed by atoms with van der Waals surface area (Å²) in [5.41, 5.74) is 4.19. The first-order valence-corrected chi connectivity index (χ1v) is 8.38. The molecule has 2 fully saturated rings. The maximum atomic E-state index is 3.59. The van der Waals surface area contributed by atoms with Gasteiger partial charge in [-0.05, 0) is 63.4 Å². The zero-order valence-corrected chi connectivity index (χ0v) is 13.7. The summed E-state index contributed by atoms with van der Waals surface area (Å²) in [6, 6.07) is 8.43. The number of rotatable bonds is 6. The van der Waals surface area contributed by atoms with Crippen molar-refractivity contribution in [2.24, 2.45) is 0 Å². The van der Waals surface area contributed by atoms with Gasteiger partial charge in [-0.25, -0.2) is 0 Å². The number of aryl methyl sites for hydroxylation is 1. The standard InChI is InChI=1S/C18H29N3/c1-14-11-15(12-19-16-7-8-16)6-9-18(14)21(3)13-17-5-4-10-20(17)2/h6,9,11,16-17,19H,4-5,7-8,10,12-13H2,1-3H3. The van der Waals surface area contributed by atoms with Crippen molar-refractivity contribution in [3.05, 3.63) is 29.3 Å². The number of likely N-dealkylation sites (N-methyl/N-ethyl adjacent to an activating group) is 2. The van der Waals surface area contributed by atoms with Crippen LogP contribution in [0.4, 0.5) is 5.69 Å². The molecule has 1 N–H and O–H groups in total. The predicted octanol–water partition coefficient (Wildman–Crippen LogP) is 2.78. The van der Waals surface area contributed by atoms with E-state index in [1.165, 1.54) is 49.0 Å². The van der Waals surface area contributed by atoms with Crippen LogP contribution in [0.15, 0.2) is 18.2 Å². The Hall–Kier alpha value is -1.06. The van der Waals surface area contributed by atoms with Crippen molar-refractivity contribution in [1.29, 1.82) is 0 Å². The third-order valence-electron chi connectivity index (χ3n) is 5.00. The molecule has 1 atom stereocenters. The van der Waals surface area contributed by atoms with Crippen molar-refractivity contribution >= 4 is 5.69 Å². The van der Waals surface area contributed by atoms with Gasteiger partial charge in [0, 0.05) is 37.9 Å². The molecule has 0 radical (unpaired) electrons. The highest BCUT2D eigenvalue weighted by Crippen LogP contribution is 2.24. The molecule has 1 unspecified atom stereocenters. The van der Waals surface area contributed by atoms with E-state index in [1.807, 2.05) is 0 Å². The van der Waals surface area contributed by atoms with Crippen LogP contribution in [0.3, 0.4) is 0 Å². The van der Waals surface area contributed by atoms with E-state index in [9.17, 15) is 0 Å². The van der Waals surface area contributed by atoms with Crippen molar-refractivity contribution in [3.63, 3.8) is 0 Å². The molecule has 0 bridgehead atoms. The Labute approximate surface area is 129 Å². The van der Waals surface area contributed by atoms with Gasteiger partial charge in [0.25, 0.3) is 0 Å². The van der Waals surface area contributed by atoms with Crippen LogP contribution in [0.2, 0.25) is 0 Å². The smallest absolute Gasteiger partial charge is 0.0394 e. The highest BCUT2D eigenvalue weighted by atomic mass is 15.2. The number of anilines is 1. The Morgan fingerprint density at radius 1 is 1.29 bits per heavy atom. The lowest BCUT2D eigenvalue weighted by molar-refractivity contribution is 0.314. The molecule has 3 rings (SSSR count). The lowest BCUT2D eigenvalue weighted by atomic mass is 10.1. The van der Waals surface area contributed by atoms with Crippen molar-refractivity contribution in [3.8, 4) is 0 Å². The Balaban J connectivity index is 1.60. The van der Waals surface area contributed by atoms with Gasteiger partial charge in [-0.2, -0.15) is 0 Å². The van der Waals surface area contributed by atoms with Crippen molar-refractivity contribution in [1.82, 2.24) is 10.2 Å². The highest BCUT2D eigenvalue weighted by molar-refractivity contribution is 5.54. The van der Waals surface area contributed by atoms with E-state index in [0.29, 0.717) is 6.04 Å². The van der Waals surface area contributed by atoms with Gasteiger partial charge >= 0.3 is 0 Å². The maximum Gasteiger partial charge on any atom is 0.0394 e. The van der Waals surface area contributed by atoms with Gasteiger partial charge < -0.3 is 15.1 Å². The molecule has 1 saturated carbocycles. The third-order valence-corrected chi connectivity index (χ3v) is 5.00. The first kappa shape index (κ1) is 14.9. The number of hydrogen-bond donors (Lipinski definition) is 1. The summed E-state index contributed by atoms with van der Waals surface area (Å²) in [7, 11) is 4.49. The first-order chi connectivity index (χ1) is 10.1. The number of benzene rings is 1. The molecule has 1 aromatic carbocycles. The van der Waals surface area contributed by atoms with Gasteiger partial charge in [-0.3, -0.25) is 0 Å². The summed E-state index contributed by atoms with van der Waals surface area (Å²) in [5.74, 6) is 0. The minimum absolute atomic E-state index is 0.714. The Kier molecular flexibility index (Phi) is 4.51. The quantitative estimate of drug-likeness (QED) is 0.868. The van der Waals surface area contributed by atoms with Gasteiger partial charge in [0.15, 0.2) is 0 Å². The topological polar surface area (TPSA) is 18.5 Å². The Morgan fingerprint density at radius 3 is 2.71 bits per heavy atom. The summed E-state index contributed by atoms with van der Waals surface area (Å²) in [5, 5.41) is 3.59. The summed E-state index contributed by atoms with van der Waals surface area (Å²) in [4.78, 5) is 4.93. The molecule has 2 aliphatic rings. The van der Waals surface area contributed by atoms with Gasteiger partial charge in [0.05, 0.1) is 0 Å². The van der Waals surface area contributed by atoms with Crippen LogP contribution >= 0.6 is 0 Å². The summed E-state index contributed by atoms with van der Waals surface area (Å²) >= 11 is 0. The largest absolute Gasteiger partial charge is 0.373 e. The molecule has 1 aromatic rings. The van der Waals surface area contributed by atoms with Crippen LogP contribution in [0.1, 0.15) is 36.8 Å². The summed E-state index contributed by atoms with van der Waals surface area (Å²) < 4.78 is 0. The number of nitrogens with one attached hydrogen (secondary N) is 1. The normalized spacial score (nSPS) is 22.7. The van der Waals surface area contributed by atoms with E-state index < -0.39 is 0 Å².